The van der Waals surface area contributed by atoms with E-state index in [0.29, 0.717) is 18.7 Å². The van der Waals surface area contributed by atoms with E-state index < -0.39 is 10.0 Å². The van der Waals surface area contributed by atoms with Gasteiger partial charge < -0.3 is 10.1 Å². The molecule has 0 radical (unpaired) electrons. The highest BCUT2D eigenvalue weighted by molar-refractivity contribution is 7.92. The van der Waals surface area contributed by atoms with Crippen molar-refractivity contribution in [3.8, 4) is 5.75 Å². The number of anilines is 1. The monoisotopic (exact) mass is 432 g/mol. The first-order chi connectivity index (χ1) is 14.1. The summed E-state index contributed by atoms with van der Waals surface area (Å²) in [6, 6.07) is 13.2. The van der Waals surface area contributed by atoms with Crippen molar-refractivity contribution in [1.29, 1.82) is 0 Å². The molecule has 0 unspecified atom stereocenters. The molecule has 2 rings (SSSR count). The fourth-order valence-electron chi connectivity index (χ4n) is 3.10. The van der Waals surface area contributed by atoms with Gasteiger partial charge in [-0.25, -0.2) is 8.42 Å². The second-order valence-electron chi connectivity index (χ2n) is 7.75. The lowest BCUT2D eigenvalue weighted by Gasteiger charge is -2.25. The number of aryl methyl sites for hydroxylation is 2. The zero-order valence-corrected chi connectivity index (χ0v) is 19.3. The molecule has 2 aromatic rings. The van der Waals surface area contributed by atoms with Crippen LogP contribution in [0.5, 0.6) is 5.75 Å². The van der Waals surface area contributed by atoms with Crippen molar-refractivity contribution in [1.82, 2.24) is 5.32 Å². The Labute approximate surface area is 180 Å². The van der Waals surface area contributed by atoms with Crippen LogP contribution in [0.1, 0.15) is 36.5 Å². The fourth-order valence-corrected chi connectivity index (χ4v) is 4.11. The normalized spacial score (nSPS) is 12.3. The molecule has 0 heterocycles. The van der Waals surface area contributed by atoms with E-state index in [1.807, 2.05) is 64.1 Å². The molecule has 6 nitrogen and oxygen atoms in total. The predicted octanol–water partition coefficient (Wildman–Crippen LogP) is 3.74. The molecule has 1 amide bonds. The highest BCUT2D eigenvalue weighted by Crippen LogP contribution is 2.25. The largest absolute Gasteiger partial charge is 0.491 e. The van der Waals surface area contributed by atoms with E-state index in [1.54, 1.807) is 6.07 Å². The van der Waals surface area contributed by atoms with Crippen molar-refractivity contribution in [3.05, 3.63) is 59.2 Å². The lowest BCUT2D eigenvalue weighted by Crippen LogP contribution is -2.37. The van der Waals surface area contributed by atoms with Gasteiger partial charge in [-0.15, -0.1) is 0 Å². The molecule has 0 aliphatic heterocycles. The topological polar surface area (TPSA) is 75.7 Å². The summed E-state index contributed by atoms with van der Waals surface area (Å²) in [5, 5.41) is 2.90. The van der Waals surface area contributed by atoms with Crippen LogP contribution in [0.4, 0.5) is 5.69 Å². The van der Waals surface area contributed by atoms with Gasteiger partial charge in [0, 0.05) is 13.0 Å². The Morgan fingerprint density at radius 2 is 1.77 bits per heavy atom. The molecule has 1 atom stereocenters. The summed E-state index contributed by atoms with van der Waals surface area (Å²) in [7, 11) is -3.44. The third-order valence-corrected chi connectivity index (χ3v) is 6.12. The minimum atomic E-state index is -3.44. The van der Waals surface area contributed by atoms with Gasteiger partial charge in [-0.3, -0.25) is 9.10 Å². The van der Waals surface area contributed by atoms with Crippen LogP contribution in [0.25, 0.3) is 0 Å². The predicted molar refractivity (Wildman–Crippen MR) is 122 cm³/mol. The lowest BCUT2D eigenvalue weighted by atomic mass is 10.1. The maximum Gasteiger partial charge on any atom is 0.232 e. The number of ether oxygens (including phenoxy) is 1. The molecule has 0 saturated heterocycles. The van der Waals surface area contributed by atoms with E-state index in [0.717, 1.165) is 22.4 Å². The quantitative estimate of drug-likeness (QED) is 0.621. The minimum Gasteiger partial charge on any atom is -0.491 e. The summed E-state index contributed by atoms with van der Waals surface area (Å²) in [4.78, 5) is 12.3. The molecule has 0 saturated carbocycles. The van der Waals surface area contributed by atoms with Gasteiger partial charge in [0.05, 0.1) is 18.0 Å². The van der Waals surface area contributed by atoms with E-state index in [1.165, 1.54) is 10.6 Å². The van der Waals surface area contributed by atoms with Crippen LogP contribution >= 0.6 is 0 Å². The SMILES string of the molecule is Cc1ccc(OC[C@@H](C)NC(=O)CCCN(c2cccc(C)c2C)S(C)(=O)=O)cc1. The van der Waals surface area contributed by atoms with Gasteiger partial charge in [0.2, 0.25) is 15.9 Å². The maximum absolute atomic E-state index is 12.3. The van der Waals surface area contributed by atoms with Gasteiger partial charge in [0.25, 0.3) is 0 Å². The Bertz CT molecular complexity index is 956. The smallest absolute Gasteiger partial charge is 0.232 e. The van der Waals surface area contributed by atoms with E-state index >= 15 is 0 Å². The average molecular weight is 433 g/mol. The number of hydrogen-bond acceptors (Lipinski definition) is 4. The van der Waals surface area contributed by atoms with Crippen molar-refractivity contribution < 1.29 is 17.9 Å². The average Bonchev–Trinajstić information content (AvgIpc) is 2.66. The number of rotatable bonds is 10. The number of carbonyl (C=O) groups is 1. The number of hydrogen-bond donors (Lipinski definition) is 1. The Balaban J connectivity index is 1.85. The van der Waals surface area contributed by atoms with Gasteiger partial charge in [-0.05, 0) is 63.4 Å². The first-order valence-corrected chi connectivity index (χ1v) is 12.0. The van der Waals surface area contributed by atoms with Crippen molar-refractivity contribution in [2.24, 2.45) is 0 Å². The summed E-state index contributed by atoms with van der Waals surface area (Å²) in [5.41, 5.74) is 3.78. The number of amides is 1. The highest BCUT2D eigenvalue weighted by atomic mass is 32.2. The Kier molecular flexibility index (Phi) is 8.29. The van der Waals surface area contributed by atoms with Gasteiger partial charge in [-0.2, -0.15) is 0 Å². The molecule has 0 bridgehead atoms. The lowest BCUT2D eigenvalue weighted by molar-refractivity contribution is -0.121. The first kappa shape index (κ1) is 23.7. The van der Waals surface area contributed by atoms with Crippen LogP contribution in [0.15, 0.2) is 42.5 Å². The summed E-state index contributed by atoms with van der Waals surface area (Å²) < 4.78 is 31.7. The summed E-state index contributed by atoms with van der Waals surface area (Å²) in [6.45, 7) is 8.37. The van der Waals surface area contributed by atoms with Gasteiger partial charge >= 0.3 is 0 Å². The van der Waals surface area contributed by atoms with Crippen LogP contribution in [0, 0.1) is 20.8 Å². The fraction of sp³-hybridized carbons (Fsp3) is 0.435. The van der Waals surface area contributed by atoms with Crippen molar-refractivity contribution in [3.63, 3.8) is 0 Å². The standard InChI is InChI=1S/C23H32N2O4S/c1-17-11-13-21(14-12-17)29-16-19(3)24-23(26)10-7-15-25(30(5,27)28)22-9-6-8-18(2)20(22)4/h6,8-9,11-14,19H,7,10,15-16H2,1-5H3,(H,24,26)/t19-/m1/s1. The van der Waals surface area contributed by atoms with Crippen LogP contribution in [-0.4, -0.2) is 39.8 Å². The van der Waals surface area contributed by atoms with E-state index in [9.17, 15) is 13.2 Å². The zero-order valence-electron chi connectivity index (χ0n) is 18.4. The van der Waals surface area contributed by atoms with E-state index in [2.05, 4.69) is 5.32 Å². The molecular weight excluding hydrogens is 400 g/mol. The summed E-state index contributed by atoms with van der Waals surface area (Å²) in [5.74, 6) is 0.642. The van der Waals surface area contributed by atoms with Crippen LogP contribution < -0.4 is 14.4 Å². The number of nitrogens with one attached hydrogen (secondary N) is 1. The molecule has 30 heavy (non-hydrogen) atoms. The van der Waals surface area contributed by atoms with Crippen molar-refractivity contribution >= 4 is 21.6 Å². The Hall–Kier alpha value is -2.54. The maximum atomic E-state index is 12.3. The molecule has 0 aliphatic carbocycles. The third kappa shape index (κ3) is 7.06. The molecule has 2 aromatic carbocycles. The van der Waals surface area contributed by atoms with Crippen molar-refractivity contribution in [2.75, 3.05) is 23.7 Å². The number of benzene rings is 2. The second-order valence-corrected chi connectivity index (χ2v) is 9.66. The van der Waals surface area contributed by atoms with Crippen LogP contribution in [0.3, 0.4) is 0 Å². The molecule has 0 aromatic heterocycles. The zero-order chi connectivity index (χ0) is 22.3. The molecule has 0 fully saturated rings. The third-order valence-electron chi connectivity index (χ3n) is 4.94. The summed E-state index contributed by atoms with van der Waals surface area (Å²) in [6.07, 6.45) is 1.86. The first-order valence-electron chi connectivity index (χ1n) is 10.1. The molecule has 1 N–H and O–H groups in total. The van der Waals surface area contributed by atoms with Crippen LogP contribution in [0.2, 0.25) is 0 Å². The van der Waals surface area contributed by atoms with Crippen molar-refractivity contribution in [2.45, 2.75) is 46.6 Å². The van der Waals surface area contributed by atoms with Gasteiger partial charge in [0.1, 0.15) is 12.4 Å². The highest BCUT2D eigenvalue weighted by Gasteiger charge is 2.20. The second kappa shape index (κ2) is 10.5. The molecule has 7 heteroatoms. The summed E-state index contributed by atoms with van der Waals surface area (Å²) >= 11 is 0. The number of sulfonamides is 1. The molecule has 0 aliphatic rings. The molecule has 0 spiro atoms. The molecular formula is C23H32N2O4S. The number of carbonyl (C=O) groups excluding carboxylic acids is 1. The van der Waals surface area contributed by atoms with E-state index in [-0.39, 0.29) is 24.9 Å². The van der Waals surface area contributed by atoms with Crippen LogP contribution in [-0.2, 0) is 14.8 Å². The number of nitrogens with zero attached hydrogens (tertiary/aromatic N) is 1. The molecule has 164 valence electrons. The van der Waals surface area contributed by atoms with Gasteiger partial charge in [0.15, 0.2) is 0 Å². The van der Waals surface area contributed by atoms with E-state index in [4.69, 9.17) is 4.74 Å². The minimum absolute atomic E-state index is 0.121. The Morgan fingerprint density at radius 1 is 1.10 bits per heavy atom. The Morgan fingerprint density at radius 3 is 2.40 bits per heavy atom. The van der Waals surface area contributed by atoms with Gasteiger partial charge in [-0.1, -0.05) is 29.8 Å².